The Bertz CT molecular complexity index is 560. The van der Waals surface area contributed by atoms with Gasteiger partial charge in [-0.2, -0.15) is 0 Å². The van der Waals surface area contributed by atoms with E-state index in [1.165, 1.54) is 11.3 Å². The summed E-state index contributed by atoms with van der Waals surface area (Å²) in [5.74, 6) is 0.0252. The average molecular weight is 285 g/mol. The molecule has 0 radical (unpaired) electrons. The van der Waals surface area contributed by atoms with Crippen LogP contribution in [-0.2, 0) is 6.42 Å². The van der Waals surface area contributed by atoms with Crippen LogP contribution >= 0.6 is 34.5 Å². The molecule has 88 valence electrons. The van der Waals surface area contributed by atoms with Gasteiger partial charge in [0.05, 0.1) is 9.36 Å². The molecule has 17 heavy (non-hydrogen) atoms. The first-order valence-electron chi connectivity index (χ1n) is 5.10. The number of ketones is 1. The molecule has 0 bridgehead atoms. The zero-order chi connectivity index (χ0) is 12.4. The number of halogens is 2. The highest BCUT2D eigenvalue weighted by atomic mass is 35.5. The van der Waals surface area contributed by atoms with E-state index in [4.69, 9.17) is 23.2 Å². The van der Waals surface area contributed by atoms with Crippen molar-refractivity contribution in [1.82, 2.24) is 0 Å². The van der Waals surface area contributed by atoms with Crippen molar-refractivity contribution in [3.63, 3.8) is 0 Å². The fourth-order valence-corrected chi connectivity index (χ4v) is 2.88. The van der Waals surface area contributed by atoms with Crippen molar-refractivity contribution in [2.45, 2.75) is 13.3 Å². The second-order valence-corrected chi connectivity index (χ2v) is 5.92. The summed E-state index contributed by atoms with van der Waals surface area (Å²) < 4.78 is 0.697. The highest BCUT2D eigenvalue weighted by Gasteiger charge is 2.13. The van der Waals surface area contributed by atoms with Gasteiger partial charge in [-0.25, -0.2) is 0 Å². The van der Waals surface area contributed by atoms with Crippen LogP contribution in [0.25, 0.3) is 0 Å². The first kappa shape index (κ1) is 12.6. The van der Waals surface area contributed by atoms with E-state index in [0.29, 0.717) is 21.3 Å². The van der Waals surface area contributed by atoms with Crippen molar-refractivity contribution in [1.29, 1.82) is 0 Å². The Hall–Kier alpha value is -0.830. The summed E-state index contributed by atoms with van der Waals surface area (Å²) >= 11 is 13.4. The summed E-state index contributed by atoms with van der Waals surface area (Å²) in [6.07, 6.45) is 0.348. The summed E-state index contributed by atoms with van der Waals surface area (Å²) in [5, 5.41) is 0.542. The topological polar surface area (TPSA) is 17.1 Å². The number of thiophene rings is 1. The van der Waals surface area contributed by atoms with Gasteiger partial charge in [0.2, 0.25) is 0 Å². The minimum absolute atomic E-state index is 0.0252. The van der Waals surface area contributed by atoms with Gasteiger partial charge in [0, 0.05) is 16.9 Å². The van der Waals surface area contributed by atoms with Crippen LogP contribution in [0.3, 0.4) is 0 Å². The SMILES string of the molecule is Cc1cccc(C(=O)Cc2ccc(Cl)s2)c1Cl. The lowest BCUT2D eigenvalue weighted by Gasteiger charge is -2.04. The molecule has 1 aromatic carbocycles. The van der Waals surface area contributed by atoms with Crippen molar-refractivity contribution in [2.24, 2.45) is 0 Å². The standard InChI is InChI=1S/C13H10Cl2OS/c1-8-3-2-4-10(13(8)15)11(16)7-9-5-6-12(14)17-9/h2-6H,7H2,1H3. The molecule has 1 aromatic heterocycles. The third-order valence-electron chi connectivity index (χ3n) is 2.46. The molecule has 0 saturated carbocycles. The van der Waals surface area contributed by atoms with E-state index in [9.17, 15) is 4.79 Å². The lowest BCUT2D eigenvalue weighted by atomic mass is 10.1. The zero-order valence-corrected chi connectivity index (χ0v) is 11.5. The van der Waals surface area contributed by atoms with Gasteiger partial charge < -0.3 is 0 Å². The Morgan fingerprint density at radius 1 is 1.24 bits per heavy atom. The van der Waals surface area contributed by atoms with Crippen LogP contribution in [0.4, 0.5) is 0 Å². The van der Waals surface area contributed by atoms with Crippen molar-refractivity contribution >= 4 is 40.3 Å². The second-order valence-electron chi connectivity index (χ2n) is 3.74. The van der Waals surface area contributed by atoms with Crippen molar-refractivity contribution in [2.75, 3.05) is 0 Å². The number of rotatable bonds is 3. The molecule has 2 rings (SSSR count). The van der Waals surface area contributed by atoms with E-state index in [2.05, 4.69) is 0 Å². The molecule has 0 saturated heterocycles. The van der Waals surface area contributed by atoms with E-state index >= 15 is 0 Å². The summed E-state index contributed by atoms with van der Waals surface area (Å²) in [6.45, 7) is 1.89. The van der Waals surface area contributed by atoms with Gasteiger partial charge in [0.1, 0.15) is 0 Å². The first-order chi connectivity index (χ1) is 8.08. The molecular formula is C13H10Cl2OS. The van der Waals surface area contributed by atoms with Crippen LogP contribution in [0.5, 0.6) is 0 Å². The van der Waals surface area contributed by atoms with Crippen molar-refractivity contribution in [3.8, 4) is 0 Å². The third kappa shape index (κ3) is 2.89. The predicted octanol–water partition coefficient (Wildman–Crippen LogP) is 4.79. The van der Waals surface area contributed by atoms with E-state index in [1.54, 1.807) is 12.1 Å². The van der Waals surface area contributed by atoms with Crippen molar-refractivity contribution in [3.05, 3.63) is 55.7 Å². The Kier molecular flexibility index (Phi) is 3.87. The Morgan fingerprint density at radius 2 is 2.00 bits per heavy atom. The maximum Gasteiger partial charge on any atom is 0.169 e. The van der Waals surface area contributed by atoms with Crippen LogP contribution < -0.4 is 0 Å². The van der Waals surface area contributed by atoms with E-state index < -0.39 is 0 Å². The van der Waals surface area contributed by atoms with Gasteiger partial charge in [-0.05, 0) is 30.7 Å². The molecule has 1 nitrogen and oxygen atoms in total. The maximum atomic E-state index is 12.1. The number of hydrogen-bond acceptors (Lipinski definition) is 2. The molecule has 2 aromatic rings. The Labute approximate surface area is 114 Å². The van der Waals surface area contributed by atoms with Crippen LogP contribution in [-0.4, -0.2) is 5.78 Å². The van der Waals surface area contributed by atoms with Gasteiger partial charge >= 0.3 is 0 Å². The number of aryl methyl sites for hydroxylation is 1. The molecule has 0 spiro atoms. The van der Waals surface area contributed by atoms with Gasteiger partial charge in [-0.3, -0.25) is 4.79 Å². The summed E-state index contributed by atoms with van der Waals surface area (Å²) in [7, 11) is 0. The van der Waals surface area contributed by atoms with Gasteiger partial charge in [0.25, 0.3) is 0 Å². The fraction of sp³-hybridized carbons (Fsp3) is 0.154. The molecule has 4 heteroatoms. The molecule has 0 atom stereocenters. The normalized spacial score (nSPS) is 10.5. The Morgan fingerprint density at radius 3 is 2.65 bits per heavy atom. The van der Waals surface area contributed by atoms with Gasteiger partial charge in [-0.15, -0.1) is 11.3 Å². The average Bonchev–Trinajstić information content (AvgIpc) is 2.68. The van der Waals surface area contributed by atoms with E-state index in [-0.39, 0.29) is 5.78 Å². The zero-order valence-electron chi connectivity index (χ0n) is 9.17. The molecule has 0 unspecified atom stereocenters. The lowest BCUT2D eigenvalue weighted by Crippen LogP contribution is -2.03. The molecular weight excluding hydrogens is 275 g/mol. The van der Waals surface area contributed by atoms with Crippen LogP contribution in [0.1, 0.15) is 20.8 Å². The van der Waals surface area contributed by atoms with Gasteiger partial charge in [-0.1, -0.05) is 35.3 Å². The van der Waals surface area contributed by atoms with Crippen molar-refractivity contribution < 1.29 is 4.79 Å². The molecule has 0 aliphatic heterocycles. The van der Waals surface area contributed by atoms with Crippen LogP contribution in [0.15, 0.2) is 30.3 Å². The van der Waals surface area contributed by atoms with E-state index in [0.717, 1.165) is 10.4 Å². The summed E-state index contributed by atoms with van der Waals surface area (Å²) in [5.41, 5.74) is 1.50. The second kappa shape index (κ2) is 5.21. The lowest BCUT2D eigenvalue weighted by molar-refractivity contribution is 0.0994. The first-order valence-corrected chi connectivity index (χ1v) is 6.67. The third-order valence-corrected chi connectivity index (χ3v) is 4.19. The Balaban J connectivity index is 2.23. The number of carbonyl (C=O) groups is 1. The smallest absolute Gasteiger partial charge is 0.169 e. The molecule has 0 fully saturated rings. The quantitative estimate of drug-likeness (QED) is 0.741. The molecule has 0 aliphatic rings. The fourth-order valence-electron chi connectivity index (χ4n) is 1.56. The minimum atomic E-state index is 0.0252. The molecule has 0 N–H and O–H groups in total. The van der Waals surface area contributed by atoms with Gasteiger partial charge in [0.15, 0.2) is 5.78 Å². The molecule has 0 aliphatic carbocycles. The van der Waals surface area contributed by atoms with Crippen LogP contribution in [0.2, 0.25) is 9.36 Å². The summed E-state index contributed by atoms with van der Waals surface area (Å²) in [6, 6.07) is 9.16. The monoisotopic (exact) mass is 284 g/mol. The largest absolute Gasteiger partial charge is 0.294 e. The number of benzene rings is 1. The number of hydrogen-bond donors (Lipinski definition) is 0. The number of carbonyl (C=O) groups excluding carboxylic acids is 1. The maximum absolute atomic E-state index is 12.1. The van der Waals surface area contributed by atoms with Crippen LogP contribution in [0, 0.1) is 6.92 Å². The minimum Gasteiger partial charge on any atom is -0.294 e. The summed E-state index contributed by atoms with van der Waals surface area (Å²) in [4.78, 5) is 13.0. The number of Topliss-reactive ketones (excluding diaryl/α,β-unsaturated/α-hetero) is 1. The molecule has 0 amide bonds. The highest BCUT2D eigenvalue weighted by molar-refractivity contribution is 7.16. The molecule has 1 heterocycles. The van der Waals surface area contributed by atoms with E-state index in [1.807, 2.05) is 25.1 Å². The highest BCUT2D eigenvalue weighted by Crippen LogP contribution is 2.25. The predicted molar refractivity (Wildman–Crippen MR) is 73.6 cm³/mol.